The lowest BCUT2D eigenvalue weighted by Gasteiger charge is -2.19. The standard InChI is InChI=1S/C19H26N2O3.ClH/c1-4-21(5-2)12-8-9-14(3)20-19(23)18-13-16(22)15-10-6-7-11-17(15)24-18;/h6-7,10-11,13-14H,4-5,8-9,12H2,1-3H3,(H,20,23);1H/p-1. The van der Waals surface area contributed by atoms with E-state index in [1.54, 1.807) is 24.3 Å². The van der Waals surface area contributed by atoms with Gasteiger partial charge in [-0.1, -0.05) is 26.0 Å². The number of nitrogens with one attached hydrogen (secondary N) is 1. The quantitative estimate of drug-likeness (QED) is 0.717. The fourth-order valence-electron chi connectivity index (χ4n) is 2.74. The highest BCUT2D eigenvalue weighted by atomic mass is 35.5. The summed E-state index contributed by atoms with van der Waals surface area (Å²) in [5.74, 6) is -0.275. The minimum Gasteiger partial charge on any atom is -1.00 e. The summed E-state index contributed by atoms with van der Waals surface area (Å²) >= 11 is 0. The Balaban J connectivity index is 0.00000312. The molecule has 0 aliphatic carbocycles. The van der Waals surface area contributed by atoms with Gasteiger partial charge >= 0.3 is 0 Å². The molecule has 2 aromatic rings. The largest absolute Gasteiger partial charge is 1.00 e. The summed E-state index contributed by atoms with van der Waals surface area (Å²) in [6.07, 6.45) is 1.91. The summed E-state index contributed by atoms with van der Waals surface area (Å²) in [7, 11) is 0. The molecular weight excluding hydrogens is 340 g/mol. The van der Waals surface area contributed by atoms with Crippen LogP contribution in [0.2, 0.25) is 0 Å². The molecule has 2 rings (SSSR count). The van der Waals surface area contributed by atoms with Crippen molar-refractivity contribution in [3.05, 3.63) is 46.3 Å². The number of para-hydroxylation sites is 1. The van der Waals surface area contributed by atoms with Gasteiger partial charge in [0.15, 0.2) is 11.2 Å². The molecule has 5 nitrogen and oxygen atoms in total. The molecule has 0 fully saturated rings. The average molecular weight is 366 g/mol. The average Bonchev–Trinajstić information content (AvgIpc) is 2.58. The normalized spacial score (nSPS) is 12.0. The molecule has 1 aromatic heterocycles. The van der Waals surface area contributed by atoms with Gasteiger partial charge in [0.1, 0.15) is 5.58 Å². The van der Waals surface area contributed by atoms with Gasteiger partial charge in [-0.25, -0.2) is 0 Å². The second kappa shape index (κ2) is 10.2. The third-order valence-electron chi connectivity index (χ3n) is 4.24. The summed E-state index contributed by atoms with van der Waals surface area (Å²) in [5.41, 5.74) is 0.237. The number of hydrogen-bond donors (Lipinski definition) is 1. The number of hydrogen-bond acceptors (Lipinski definition) is 4. The highest BCUT2D eigenvalue weighted by Gasteiger charge is 2.14. The number of carbonyl (C=O) groups is 1. The zero-order valence-electron chi connectivity index (χ0n) is 15.0. The number of amides is 1. The number of nitrogens with zero attached hydrogens (tertiary/aromatic N) is 1. The first-order chi connectivity index (χ1) is 11.5. The van der Waals surface area contributed by atoms with E-state index >= 15 is 0 Å². The Labute approximate surface area is 154 Å². The van der Waals surface area contributed by atoms with Crippen LogP contribution in [0.5, 0.6) is 0 Å². The molecular formula is C19H26ClN2O3-. The lowest BCUT2D eigenvalue weighted by Crippen LogP contribution is -3.00. The van der Waals surface area contributed by atoms with E-state index in [4.69, 9.17) is 4.42 Å². The number of fused-ring (bicyclic) bond motifs is 1. The van der Waals surface area contributed by atoms with Crippen molar-refractivity contribution in [1.29, 1.82) is 0 Å². The molecule has 6 heteroatoms. The van der Waals surface area contributed by atoms with Crippen LogP contribution in [-0.2, 0) is 0 Å². The molecule has 25 heavy (non-hydrogen) atoms. The van der Waals surface area contributed by atoms with Crippen LogP contribution >= 0.6 is 0 Å². The Morgan fingerprint density at radius 2 is 1.92 bits per heavy atom. The van der Waals surface area contributed by atoms with Crippen molar-refractivity contribution < 1.29 is 21.6 Å². The van der Waals surface area contributed by atoms with Crippen LogP contribution in [0, 0.1) is 0 Å². The number of benzene rings is 1. The van der Waals surface area contributed by atoms with Crippen LogP contribution in [0.4, 0.5) is 0 Å². The van der Waals surface area contributed by atoms with Crippen LogP contribution in [0.15, 0.2) is 39.5 Å². The van der Waals surface area contributed by atoms with E-state index in [1.807, 2.05) is 6.92 Å². The molecule has 0 spiro atoms. The molecule has 0 aliphatic heterocycles. The van der Waals surface area contributed by atoms with Gasteiger partial charge < -0.3 is 27.0 Å². The maximum atomic E-state index is 12.3. The predicted octanol–water partition coefficient (Wildman–Crippen LogP) is 0.0373. The van der Waals surface area contributed by atoms with E-state index in [9.17, 15) is 9.59 Å². The summed E-state index contributed by atoms with van der Waals surface area (Å²) in [4.78, 5) is 26.7. The van der Waals surface area contributed by atoms with Crippen LogP contribution in [0.25, 0.3) is 11.0 Å². The van der Waals surface area contributed by atoms with Gasteiger partial charge in [0, 0.05) is 12.1 Å². The molecule has 138 valence electrons. The van der Waals surface area contributed by atoms with Gasteiger partial charge in [0.05, 0.1) is 5.39 Å². The molecule has 0 bridgehead atoms. The molecule has 1 N–H and O–H groups in total. The van der Waals surface area contributed by atoms with Gasteiger partial charge in [0.2, 0.25) is 0 Å². The topological polar surface area (TPSA) is 62.6 Å². The second-order valence-electron chi connectivity index (χ2n) is 6.01. The zero-order valence-corrected chi connectivity index (χ0v) is 15.8. The van der Waals surface area contributed by atoms with Gasteiger partial charge in [-0.15, -0.1) is 0 Å². The van der Waals surface area contributed by atoms with Gasteiger partial charge in [0.25, 0.3) is 5.91 Å². The number of rotatable bonds is 8. The third-order valence-corrected chi connectivity index (χ3v) is 4.24. The van der Waals surface area contributed by atoms with Crippen molar-refractivity contribution in [2.24, 2.45) is 0 Å². The van der Waals surface area contributed by atoms with E-state index in [-0.39, 0.29) is 35.5 Å². The Kier molecular flexibility index (Phi) is 8.66. The van der Waals surface area contributed by atoms with Crippen molar-refractivity contribution in [1.82, 2.24) is 10.2 Å². The van der Waals surface area contributed by atoms with Crippen LogP contribution in [0.1, 0.15) is 44.2 Å². The van der Waals surface area contributed by atoms with Crippen molar-refractivity contribution in [3.8, 4) is 0 Å². The SMILES string of the molecule is CCN(CC)CCCC(C)NC(=O)c1cc(=O)c2ccccc2o1.[Cl-]. The lowest BCUT2D eigenvalue weighted by molar-refractivity contribution is -0.0000141. The Morgan fingerprint density at radius 1 is 1.24 bits per heavy atom. The van der Waals surface area contributed by atoms with Crippen LogP contribution in [-0.4, -0.2) is 36.5 Å². The monoisotopic (exact) mass is 365 g/mol. The van der Waals surface area contributed by atoms with E-state index in [0.717, 1.165) is 32.5 Å². The molecule has 1 atom stereocenters. The van der Waals surface area contributed by atoms with Crippen LogP contribution < -0.4 is 23.2 Å². The first-order valence-corrected chi connectivity index (χ1v) is 8.61. The molecule has 1 heterocycles. The van der Waals surface area contributed by atoms with E-state index < -0.39 is 0 Å². The van der Waals surface area contributed by atoms with E-state index in [0.29, 0.717) is 11.0 Å². The molecule has 0 saturated heterocycles. The smallest absolute Gasteiger partial charge is 0.287 e. The van der Waals surface area contributed by atoms with Crippen molar-refractivity contribution in [3.63, 3.8) is 0 Å². The van der Waals surface area contributed by atoms with Gasteiger partial charge in [-0.3, -0.25) is 9.59 Å². The van der Waals surface area contributed by atoms with Crippen LogP contribution in [0.3, 0.4) is 0 Å². The summed E-state index contributed by atoms with van der Waals surface area (Å²) in [5, 5.41) is 3.40. The maximum Gasteiger partial charge on any atom is 0.287 e. The number of halogens is 1. The minimum atomic E-state index is -0.340. The summed E-state index contributed by atoms with van der Waals surface area (Å²) in [6, 6.07) is 8.24. The summed E-state index contributed by atoms with van der Waals surface area (Å²) in [6.45, 7) is 9.38. The second-order valence-corrected chi connectivity index (χ2v) is 6.01. The molecule has 1 amide bonds. The molecule has 1 unspecified atom stereocenters. The van der Waals surface area contributed by atoms with Gasteiger partial charge in [-0.2, -0.15) is 0 Å². The lowest BCUT2D eigenvalue weighted by atomic mass is 10.1. The minimum absolute atomic E-state index is 0. The number of carbonyl (C=O) groups excluding carboxylic acids is 1. The Morgan fingerprint density at radius 3 is 2.60 bits per heavy atom. The van der Waals surface area contributed by atoms with Gasteiger partial charge in [-0.05, 0) is 51.5 Å². The first-order valence-electron chi connectivity index (χ1n) is 8.61. The molecule has 0 saturated carbocycles. The van der Waals surface area contributed by atoms with E-state index in [2.05, 4.69) is 24.1 Å². The van der Waals surface area contributed by atoms with E-state index in [1.165, 1.54) is 6.07 Å². The van der Waals surface area contributed by atoms with Crippen molar-refractivity contribution in [2.45, 2.75) is 39.7 Å². The Bertz CT molecular complexity index is 741. The maximum absolute atomic E-state index is 12.3. The highest BCUT2D eigenvalue weighted by molar-refractivity contribution is 5.93. The predicted molar refractivity (Wildman–Crippen MR) is 96.4 cm³/mol. The zero-order chi connectivity index (χ0) is 17.5. The summed E-state index contributed by atoms with van der Waals surface area (Å²) < 4.78 is 5.56. The van der Waals surface area contributed by atoms with Crippen molar-refractivity contribution >= 4 is 16.9 Å². The fourth-order valence-corrected chi connectivity index (χ4v) is 2.74. The Hall–Kier alpha value is -1.85. The molecule has 0 aliphatic rings. The third kappa shape index (κ3) is 5.87. The molecule has 1 aromatic carbocycles. The first kappa shape index (κ1) is 21.2. The van der Waals surface area contributed by atoms with Crippen molar-refractivity contribution in [2.75, 3.05) is 19.6 Å². The molecule has 0 radical (unpaired) electrons. The fraction of sp³-hybridized carbons (Fsp3) is 0.474. The highest BCUT2D eigenvalue weighted by Crippen LogP contribution is 2.12.